The molecule has 1 aliphatic rings. The largest absolute Gasteiger partial charge is 0.497 e. The summed E-state index contributed by atoms with van der Waals surface area (Å²) >= 11 is 1.90. The van der Waals surface area contributed by atoms with Crippen molar-refractivity contribution in [1.82, 2.24) is 0 Å². The molecule has 0 saturated carbocycles. The summed E-state index contributed by atoms with van der Waals surface area (Å²) in [5, 5.41) is 9.11. The number of thioether (sulfide) groups is 1. The molecular formula is C21H22O3S. The number of methoxy groups -OCH3 is 1. The fourth-order valence-corrected chi connectivity index (χ4v) is 4.10. The topological polar surface area (TPSA) is 46.5 Å². The van der Waals surface area contributed by atoms with E-state index in [-0.39, 0.29) is 0 Å². The molecule has 130 valence electrons. The van der Waals surface area contributed by atoms with Gasteiger partial charge in [0.1, 0.15) is 5.75 Å². The first kappa shape index (κ1) is 17.6. The van der Waals surface area contributed by atoms with Gasteiger partial charge in [-0.05, 0) is 67.1 Å². The summed E-state index contributed by atoms with van der Waals surface area (Å²) in [5.41, 5.74) is 4.20. The second-order valence-electron chi connectivity index (χ2n) is 6.14. The zero-order valence-corrected chi connectivity index (χ0v) is 15.1. The zero-order chi connectivity index (χ0) is 17.6. The Bertz CT molecular complexity index is 795. The summed E-state index contributed by atoms with van der Waals surface area (Å²) in [6, 6.07) is 13.5. The number of benzene rings is 2. The highest BCUT2D eigenvalue weighted by atomic mass is 32.2. The first-order valence-corrected chi connectivity index (χ1v) is 9.44. The van der Waals surface area contributed by atoms with Crippen LogP contribution in [-0.4, -0.2) is 23.9 Å². The molecule has 0 fully saturated rings. The summed E-state index contributed by atoms with van der Waals surface area (Å²) in [7, 11) is 1.70. The van der Waals surface area contributed by atoms with Gasteiger partial charge in [-0.15, -0.1) is 11.8 Å². The van der Waals surface area contributed by atoms with Gasteiger partial charge in [0, 0.05) is 10.6 Å². The van der Waals surface area contributed by atoms with Crippen LogP contribution < -0.4 is 4.74 Å². The van der Waals surface area contributed by atoms with Crippen LogP contribution >= 0.6 is 11.8 Å². The number of hydrogen-bond donors (Lipinski definition) is 1. The zero-order valence-electron chi connectivity index (χ0n) is 14.3. The highest BCUT2D eigenvalue weighted by molar-refractivity contribution is 7.99. The molecule has 4 heteroatoms. The maximum Gasteiger partial charge on any atom is 0.335 e. The average molecular weight is 354 g/mol. The van der Waals surface area contributed by atoms with E-state index in [4.69, 9.17) is 9.84 Å². The average Bonchev–Trinajstić information content (AvgIpc) is 2.62. The minimum absolute atomic E-state index is 0.362. The molecule has 0 radical (unpaired) electrons. The molecule has 3 nitrogen and oxygen atoms in total. The number of aryl methyl sites for hydroxylation is 1. The van der Waals surface area contributed by atoms with E-state index < -0.39 is 5.97 Å². The molecule has 25 heavy (non-hydrogen) atoms. The van der Waals surface area contributed by atoms with Crippen molar-refractivity contribution in [2.75, 3.05) is 12.9 Å². The van der Waals surface area contributed by atoms with Gasteiger partial charge in [0.05, 0.1) is 12.7 Å². The van der Waals surface area contributed by atoms with Gasteiger partial charge in [0.15, 0.2) is 0 Å². The first-order valence-electron chi connectivity index (χ1n) is 8.45. The van der Waals surface area contributed by atoms with E-state index in [1.54, 1.807) is 19.2 Å². The van der Waals surface area contributed by atoms with Gasteiger partial charge in [0.25, 0.3) is 0 Å². The second-order valence-corrected chi connectivity index (χ2v) is 7.28. The monoisotopic (exact) mass is 354 g/mol. The third kappa shape index (κ3) is 4.67. The lowest BCUT2D eigenvalue weighted by atomic mass is 9.99. The summed E-state index contributed by atoms with van der Waals surface area (Å²) in [5.74, 6) is 1.11. The van der Waals surface area contributed by atoms with E-state index in [0.29, 0.717) is 5.56 Å². The molecule has 0 saturated heterocycles. The lowest BCUT2D eigenvalue weighted by Gasteiger charge is -2.15. The molecule has 0 bridgehead atoms. The minimum atomic E-state index is -0.867. The molecule has 0 aliphatic carbocycles. The molecule has 1 aliphatic heterocycles. The second kappa shape index (κ2) is 8.26. The summed E-state index contributed by atoms with van der Waals surface area (Å²) in [6.07, 6.45) is 6.18. The van der Waals surface area contributed by atoms with Crippen LogP contribution in [0.15, 0.2) is 59.0 Å². The van der Waals surface area contributed by atoms with E-state index in [0.717, 1.165) is 42.7 Å². The van der Waals surface area contributed by atoms with Crippen molar-refractivity contribution in [3.8, 4) is 5.75 Å². The number of ether oxygens (including phenoxy) is 1. The highest BCUT2D eigenvalue weighted by Gasteiger charge is 2.10. The van der Waals surface area contributed by atoms with Crippen LogP contribution in [-0.2, 0) is 12.8 Å². The highest BCUT2D eigenvalue weighted by Crippen LogP contribution is 2.31. The van der Waals surface area contributed by atoms with Gasteiger partial charge in [-0.3, -0.25) is 0 Å². The van der Waals surface area contributed by atoms with Gasteiger partial charge in [-0.25, -0.2) is 4.79 Å². The third-order valence-electron chi connectivity index (χ3n) is 4.47. The molecule has 2 aromatic rings. The maximum absolute atomic E-state index is 11.1. The Kier molecular flexibility index (Phi) is 5.82. The maximum atomic E-state index is 11.1. The Morgan fingerprint density at radius 1 is 1.20 bits per heavy atom. The summed E-state index contributed by atoms with van der Waals surface area (Å²) in [6.45, 7) is 0. The van der Waals surface area contributed by atoms with Gasteiger partial charge >= 0.3 is 5.97 Å². The van der Waals surface area contributed by atoms with Crippen molar-refractivity contribution in [2.24, 2.45) is 0 Å². The van der Waals surface area contributed by atoms with Crippen LogP contribution in [0, 0.1) is 0 Å². The molecule has 0 amide bonds. The van der Waals surface area contributed by atoms with Crippen molar-refractivity contribution in [3.63, 3.8) is 0 Å². The normalized spacial score (nSPS) is 16.1. The number of carbonyl (C=O) groups is 1. The molecule has 0 unspecified atom stereocenters. The van der Waals surface area contributed by atoms with Crippen LogP contribution in [0.25, 0.3) is 0 Å². The van der Waals surface area contributed by atoms with E-state index in [9.17, 15) is 4.79 Å². The number of fused-ring (bicyclic) bond motifs is 1. The molecular weight excluding hydrogens is 332 g/mol. The first-order chi connectivity index (χ1) is 12.2. The summed E-state index contributed by atoms with van der Waals surface area (Å²) < 4.78 is 5.34. The molecule has 0 atom stereocenters. The van der Waals surface area contributed by atoms with Crippen molar-refractivity contribution < 1.29 is 14.6 Å². The number of carboxylic acids is 1. The van der Waals surface area contributed by atoms with E-state index in [1.807, 2.05) is 30.0 Å². The quantitative estimate of drug-likeness (QED) is 0.768. The third-order valence-corrected chi connectivity index (χ3v) is 5.59. The Labute approximate surface area is 152 Å². The number of rotatable bonds is 5. The number of hydrogen-bond acceptors (Lipinski definition) is 3. The Balaban J connectivity index is 1.68. The number of carboxylic acid groups (broad SMARTS) is 1. The number of aromatic carboxylic acids is 1. The lowest BCUT2D eigenvalue weighted by Crippen LogP contribution is -2.00. The molecule has 1 heterocycles. The van der Waals surface area contributed by atoms with Crippen molar-refractivity contribution in [2.45, 2.75) is 30.6 Å². The predicted molar refractivity (Wildman–Crippen MR) is 102 cm³/mol. The Morgan fingerprint density at radius 3 is 2.88 bits per heavy atom. The smallest absolute Gasteiger partial charge is 0.335 e. The molecule has 0 aromatic heterocycles. The summed E-state index contributed by atoms with van der Waals surface area (Å²) in [4.78, 5) is 12.4. The molecule has 0 spiro atoms. The molecule has 2 aromatic carbocycles. The minimum Gasteiger partial charge on any atom is -0.497 e. The Morgan fingerprint density at radius 2 is 2.08 bits per heavy atom. The number of allylic oxidation sites excluding steroid dienone is 2. The standard InChI is InChI=1S/C21H22O3S/c1-24-19-9-10-20-17(14-19)8-7-15(11-12-25-20)5-6-16-3-2-4-18(13-16)21(22)23/h2-4,7,9-10,13-14H,5-6,8,11-12H2,1H3,(H,22,23)/b15-7-. The van der Waals surface area contributed by atoms with E-state index >= 15 is 0 Å². The molecule has 1 N–H and O–H groups in total. The molecule has 3 rings (SSSR count). The Hall–Kier alpha value is -2.20. The van der Waals surface area contributed by atoms with E-state index in [2.05, 4.69) is 18.2 Å². The van der Waals surface area contributed by atoms with Gasteiger partial charge in [-0.1, -0.05) is 23.8 Å². The lowest BCUT2D eigenvalue weighted by molar-refractivity contribution is 0.0696. The fourth-order valence-electron chi connectivity index (χ4n) is 3.02. The van der Waals surface area contributed by atoms with Crippen LogP contribution in [0.1, 0.15) is 34.3 Å². The van der Waals surface area contributed by atoms with Crippen molar-refractivity contribution in [1.29, 1.82) is 0 Å². The van der Waals surface area contributed by atoms with Crippen molar-refractivity contribution >= 4 is 17.7 Å². The van der Waals surface area contributed by atoms with Crippen molar-refractivity contribution in [3.05, 3.63) is 70.8 Å². The van der Waals surface area contributed by atoms with E-state index in [1.165, 1.54) is 16.0 Å². The van der Waals surface area contributed by atoms with Gasteiger partial charge in [0.2, 0.25) is 0 Å². The van der Waals surface area contributed by atoms with Crippen LogP contribution in [0.5, 0.6) is 5.75 Å². The predicted octanol–water partition coefficient (Wildman–Crippen LogP) is 4.99. The fraction of sp³-hybridized carbons (Fsp3) is 0.286. The van der Waals surface area contributed by atoms with Crippen LogP contribution in [0.4, 0.5) is 0 Å². The van der Waals surface area contributed by atoms with Gasteiger partial charge < -0.3 is 9.84 Å². The van der Waals surface area contributed by atoms with Crippen LogP contribution in [0.3, 0.4) is 0 Å². The van der Waals surface area contributed by atoms with Gasteiger partial charge in [-0.2, -0.15) is 0 Å². The van der Waals surface area contributed by atoms with Crippen LogP contribution in [0.2, 0.25) is 0 Å². The SMILES string of the molecule is COc1ccc2c(c1)C/C=C(/CCc1cccc(C(=O)O)c1)CCS2.